The van der Waals surface area contributed by atoms with E-state index in [0.29, 0.717) is 10.6 Å². The molecule has 0 saturated carbocycles. The topological polar surface area (TPSA) is 117 Å². The van der Waals surface area contributed by atoms with E-state index in [9.17, 15) is 23.9 Å². The van der Waals surface area contributed by atoms with Crippen LogP contribution < -0.4 is 10.1 Å². The molecule has 2 N–H and O–H groups in total. The molecule has 2 aromatic rings. The third-order valence-corrected chi connectivity index (χ3v) is 5.71. The zero-order valence-corrected chi connectivity index (χ0v) is 21.5. The van der Waals surface area contributed by atoms with Crippen LogP contribution in [0.1, 0.15) is 26.3 Å². The number of aliphatic imine (C=N–C) groups is 1. The number of carbonyl (C=O) groups excluding carboxylic acids is 1. The number of hydrazone groups is 1. The third kappa shape index (κ3) is 6.76. The number of ether oxygens (including phenoxy) is 1. The quantitative estimate of drug-likeness (QED) is 0.298. The molecule has 0 unspecified atom stereocenters. The molecule has 1 aliphatic heterocycles. The van der Waals surface area contributed by atoms with E-state index < -0.39 is 18.1 Å². The lowest BCUT2D eigenvalue weighted by atomic mass is 10.1. The summed E-state index contributed by atoms with van der Waals surface area (Å²) in [5, 5.41) is 31.7. The van der Waals surface area contributed by atoms with E-state index in [1.54, 1.807) is 37.4 Å². The van der Waals surface area contributed by atoms with Gasteiger partial charge in [0.25, 0.3) is 5.91 Å². The lowest BCUT2D eigenvalue weighted by Crippen LogP contribution is -2.55. The predicted molar refractivity (Wildman–Crippen MR) is 135 cm³/mol. The van der Waals surface area contributed by atoms with Crippen LogP contribution in [0.25, 0.3) is 0 Å². The number of halogens is 4. The van der Waals surface area contributed by atoms with Gasteiger partial charge in [-0.05, 0) is 51.1 Å². The highest BCUT2D eigenvalue weighted by molar-refractivity contribution is 6.42. The van der Waals surface area contributed by atoms with Gasteiger partial charge in [-0.15, -0.1) is 10.1 Å². The Balaban J connectivity index is 2.02. The second kappa shape index (κ2) is 11.6. The first-order chi connectivity index (χ1) is 17.4. The summed E-state index contributed by atoms with van der Waals surface area (Å²) in [6.45, 7) is 1.49. The maximum atomic E-state index is 13.0. The fourth-order valence-corrected chi connectivity index (χ4v) is 3.65. The smallest absolute Gasteiger partial charge is 0.387 e. The Morgan fingerprint density at radius 2 is 2.05 bits per heavy atom. The molecule has 0 radical (unpaired) electrons. The molecule has 0 aromatic heterocycles. The molecule has 14 heteroatoms. The summed E-state index contributed by atoms with van der Waals surface area (Å²) in [4.78, 5) is 16.8. The molecule has 1 heterocycles. The van der Waals surface area contributed by atoms with Crippen molar-refractivity contribution in [3.05, 3.63) is 58.1 Å². The number of nitrogens with zero attached hydrogens (tertiary/aromatic N) is 6. The minimum atomic E-state index is -3.01. The van der Waals surface area contributed by atoms with Crippen LogP contribution in [-0.2, 0) is 4.79 Å². The molecule has 1 amide bonds. The second-order valence-electron chi connectivity index (χ2n) is 8.14. The van der Waals surface area contributed by atoms with Crippen LogP contribution in [0.4, 0.5) is 14.5 Å². The number of hydrogen-bond acceptors (Lipinski definition) is 7. The maximum absolute atomic E-state index is 13.0. The van der Waals surface area contributed by atoms with Crippen molar-refractivity contribution in [2.75, 3.05) is 18.5 Å². The van der Waals surface area contributed by atoms with Gasteiger partial charge in [0.1, 0.15) is 18.0 Å². The number of hydrazine groups is 1. The Labute approximate surface area is 221 Å². The van der Waals surface area contributed by atoms with Crippen molar-refractivity contribution in [3.8, 4) is 11.9 Å². The zero-order valence-electron chi connectivity index (χ0n) is 20.0. The summed E-state index contributed by atoms with van der Waals surface area (Å²) in [5.74, 6) is -0.524. The molecule has 0 fully saturated rings. The van der Waals surface area contributed by atoms with E-state index in [0.717, 1.165) is 0 Å². The normalized spacial score (nSPS) is 13.9. The lowest BCUT2D eigenvalue weighted by molar-refractivity contribution is -0.160. The third-order valence-electron chi connectivity index (χ3n) is 4.97. The molecule has 0 atom stereocenters. The van der Waals surface area contributed by atoms with Crippen molar-refractivity contribution in [3.63, 3.8) is 0 Å². The molecule has 3 rings (SSSR count). The van der Waals surface area contributed by atoms with Gasteiger partial charge in [0, 0.05) is 23.9 Å². The minimum absolute atomic E-state index is 0.0662. The highest BCUT2D eigenvalue weighted by atomic mass is 35.5. The zero-order chi connectivity index (χ0) is 27.3. The number of nitriles is 1. The molecular weight excluding hydrogens is 531 g/mol. The minimum Gasteiger partial charge on any atom is -0.435 e. The number of anilines is 1. The lowest BCUT2D eigenvalue weighted by Gasteiger charge is -2.36. The van der Waals surface area contributed by atoms with Gasteiger partial charge in [-0.2, -0.15) is 14.0 Å². The number of aliphatic hydroxyl groups is 1. The van der Waals surface area contributed by atoms with Gasteiger partial charge in [-0.3, -0.25) is 4.79 Å². The van der Waals surface area contributed by atoms with Crippen molar-refractivity contribution >= 4 is 46.6 Å². The van der Waals surface area contributed by atoms with Crippen LogP contribution in [0.2, 0.25) is 10.0 Å². The van der Waals surface area contributed by atoms with E-state index in [2.05, 4.69) is 20.1 Å². The number of carbonyl (C=O) groups is 1. The summed E-state index contributed by atoms with van der Waals surface area (Å²) >= 11 is 12.3. The van der Waals surface area contributed by atoms with Gasteiger partial charge in [0.2, 0.25) is 12.2 Å². The summed E-state index contributed by atoms with van der Waals surface area (Å²) < 4.78 is 29.7. The largest absolute Gasteiger partial charge is 0.435 e. The average Bonchev–Trinajstić information content (AvgIpc) is 3.25. The Morgan fingerprint density at radius 3 is 2.65 bits per heavy atom. The van der Waals surface area contributed by atoms with Crippen molar-refractivity contribution in [2.45, 2.75) is 33.0 Å². The molecule has 0 bridgehead atoms. The Morgan fingerprint density at radius 1 is 1.32 bits per heavy atom. The van der Waals surface area contributed by atoms with E-state index in [1.807, 2.05) is 0 Å². The standard InChI is InChI=1S/C23H23Cl2F2N7O3/c1-4-33(20(35)23(2,3)36)34-13-32(31-19(34)14-8-9-17(24)18(25)10-14)22(29-12-28)30-15-6-5-7-16(11-15)37-21(26)27/h5-11,21,36H,4,13H2,1-3H3,(H,29,30). The summed E-state index contributed by atoms with van der Waals surface area (Å²) in [6.07, 6.45) is 1.67. The fraction of sp³-hybridized carbons (Fsp3) is 0.304. The molecule has 1 aliphatic rings. The summed E-state index contributed by atoms with van der Waals surface area (Å²) in [5.41, 5.74) is -0.918. The number of alkyl halides is 2. The van der Waals surface area contributed by atoms with Crippen LogP contribution in [0.3, 0.4) is 0 Å². The van der Waals surface area contributed by atoms with Gasteiger partial charge in [-0.1, -0.05) is 29.3 Å². The Hall–Kier alpha value is -3.66. The van der Waals surface area contributed by atoms with Gasteiger partial charge >= 0.3 is 6.61 Å². The molecule has 0 spiro atoms. The van der Waals surface area contributed by atoms with E-state index in [-0.39, 0.29) is 41.5 Å². The number of amides is 1. The van der Waals surface area contributed by atoms with Crippen LogP contribution in [0.15, 0.2) is 52.6 Å². The molecule has 196 valence electrons. The first-order valence-electron chi connectivity index (χ1n) is 10.9. The van der Waals surface area contributed by atoms with Crippen molar-refractivity contribution in [2.24, 2.45) is 10.1 Å². The van der Waals surface area contributed by atoms with Crippen molar-refractivity contribution in [1.29, 1.82) is 5.26 Å². The number of guanidine groups is 1. The number of nitrogens with one attached hydrogen (secondary N) is 1. The van der Waals surface area contributed by atoms with Crippen molar-refractivity contribution < 1.29 is 23.4 Å². The maximum Gasteiger partial charge on any atom is 0.387 e. The highest BCUT2D eigenvalue weighted by Crippen LogP contribution is 2.27. The van der Waals surface area contributed by atoms with Crippen LogP contribution >= 0.6 is 23.2 Å². The van der Waals surface area contributed by atoms with Gasteiger partial charge in [0.15, 0.2) is 5.84 Å². The SMILES string of the molecule is CCN(C(=O)C(C)(C)O)N1CN(/C(=N\C#N)Nc2cccc(OC(F)F)c2)N=C1c1ccc(Cl)c(Cl)c1. The number of hydrogen-bond donors (Lipinski definition) is 2. The average molecular weight is 554 g/mol. The monoisotopic (exact) mass is 553 g/mol. The van der Waals surface area contributed by atoms with Crippen molar-refractivity contribution in [1.82, 2.24) is 15.0 Å². The molecule has 2 aromatic carbocycles. The number of amidine groups is 1. The molecule has 0 aliphatic carbocycles. The van der Waals surface area contributed by atoms with E-state index in [1.165, 1.54) is 47.1 Å². The first-order valence-corrected chi connectivity index (χ1v) is 11.6. The first kappa shape index (κ1) is 27.9. The number of rotatable bonds is 7. The summed E-state index contributed by atoms with van der Waals surface area (Å²) in [6, 6.07) is 10.4. The molecule has 37 heavy (non-hydrogen) atoms. The van der Waals surface area contributed by atoms with Gasteiger partial charge in [0.05, 0.1) is 10.0 Å². The van der Waals surface area contributed by atoms with Gasteiger partial charge in [-0.25, -0.2) is 15.0 Å². The predicted octanol–water partition coefficient (Wildman–Crippen LogP) is 4.32. The highest BCUT2D eigenvalue weighted by Gasteiger charge is 2.38. The Kier molecular flexibility index (Phi) is 8.75. The number of likely N-dealkylation sites (N-methyl/N-ethyl adjacent to an activating group) is 1. The molecule has 0 saturated heterocycles. The second-order valence-corrected chi connectivity index (χ2v) is 8.95. The van der Waals surface area contributed by atoms with E-state index >= 15 is 0 Å². The molecular formula is C23H23Cl2F2N7O3. The van der Waals surface area contributed by atoms with E-state index in [4.69, 9.17) is 23.2 Å². The van der Waals surface area contributed by atoms with Crippen LogP contribution in [0.5, 0.6) is 5.75 Å². The Bertz CT molecular complexity index is 1260. The summed E-state index contributed by atoms with van der Waals surface area (Å²) in [7, 11) is 0. The fourth-order valence-electron chi connectivity index (χ4n) is 3.35. The van der Waals surface area contributed by atoms with Gasteiger partial charge < -0.3 is 15.2 Å². The van der Waals surface area contributed by atoms with Crippen LogP contribution in [0, 0.1) is 11.5 Å². The molecule has 10 nitrogen and oxygen atoms in total. The van der Waals surface area contributed by atoms with Crippen LogP contribution in [-0.4, -0.2) is 63.3 Å². The number of benzene rings is 2.